The van der Waals surface area contributed by atoms with Gasteiger partial charge in [0.2, 0.25) is 0 Å². The highest BCUT2D eigenvalue weighted by atomic mass is 16.1. The van der Waals surface area contributed by atoms with E-state index in [0.29, 0.717) is 6.04 Å². The summed E-state index contributed by atoms with van der Waals surface area (Å²) in [4.78, 5) is 15.5. The molecule has 4 heteroatoms. The number of carbonyl (C=O) groups is 1. The summed E-state index contributed by atoms with van der Waals surface area (Å²) in [5.41, 5.74) is 1.74. The van der Waals surface area contributed by atoms with Gasteiger partial charge >= 0.3 is 0 Å². The van der Waals surface area contributed by atoms with Gasteiger partial charge in [0.1, 0.15) is 0 Å². The Morgan fingerprint density at radius 3 is 3.05 bits per heavy atom. The van der Waals surface area contributed by atoms with E-state index in [1.165, 1.54) is 0 Å². The number of piperidine rings is 1. The molecular weight excluding hydrogens is 238 g/mol. The SMILES string of the molecule is CC1CC(NC(=O)c2c[nH]c3ccccc23)CCN1. The Morgan fingerprint density at radius 1 is 1.37 bits per heavy atom. The second-order valence-electron chi connectivity index (χ2n) is 5.30. The van der Waals surface area contributed by atoms with Crippen molar-refractivity contribution in [3.05, 3.63) is 36.0 Å². The Morgan fingerprint density at radius 2 is 2.21 bits per heavy atom. The average molecular weight is 257 g/mol. The predicted molar refractivity (Wildman–Crippen MR) is 76.3 cm³/mol. The lowest BCUT2D eigenvalue weighted by atomic mass is 10.0. The molecule has 2 unspecified atom stereocenters. The summed E-state index contributed by atoms with van der Waals surface area (Å²) in [6.07, 6.45) is 3.79. The maximum absolute atomic E-state index is 12.3. The van der Waals surface area contributed by atoms with Crippen molar-refractivity contribution in [2.24, 2.45) is 0 Å². The van der Waals surface area contributed by atoms with Gasteiger partial charge in [-0.25, -0.2) is 0 Å². The Kier molecular flexibility index (Phi) is 3.25. The molecular formula is C15H19N3O. The van der Waals surface area contributed by atoms with Crippen LogP contribution in [0, 0.1) is 0 Å². The van der Waals surface area contributed by atoms with Crippen LogP contribution in [0.3, 0.4) is 0 Å². The minimum Gasteiger partial charge on any atom is -0.360 e. The molecule has 1 amide bonds. The molecule has 100 valence electrons. The third-order valence-electron chi connectivity index (χ3n) is 3.79. The van der Waals surface area contributed by atoms with Crippen LogP contribution in [0.1, 0.15) is 30.1 Å². The number of aromatic amines is 1. The number of hydrogen-bond acceptors (Lipinski definition) is 2. The number of fused-ring (bicyclic) bond motifs is 1. The normalized spacial score (nSPS) is 23.4. The van der Waals surface area contributed by atoms with Crippen LogP contribution in [-0.4, -0.2) is 29.5 Å². The van der Waals surface area contributed by atoms with Gasteiger partial charge in [-0.1, -0.05) is 18.2 Å². The molecule has 1 fully saturated rings. The van der Waals surface area contributed by atoms with Gasteiger partial charge in [0, 0.05) is 29.2 Å². The zero-order valence-corrected chi connectivity index (χ0v) is 11.1. The molecule has 1 aromatic heterocycles. The fraction of sp³-hybridized carbons (Fsp3) is 0.400. The highest BCUT2D eigenvalue weighted by Crippen LogP contribution is 2.18. The van der Waals surface area contributed by atoms with Crippen LogP contribution in [-0.2, 0) is 0 Å². The Bertz CT molecular complexity index is 590. The molecule has 1 aliphatic heterocycles. The number of nitrogens with one attached hydrogen (secondary N) is 3. The lowest BCUT2D eigenvalue weighted by molar-refractivity contribution is 0.0927. The number of amides is 1. The van der Waals surface area contributed by atoms with E-state index >= 15 is 0 Å². The average Bonchev–Trinajstić information content (AvgIpc) is 2.82. The van der Waals surface area contributed by atoms with Crippen LogP contribution in [0.15, 0.2) is 30.5 Å². The molecule has 2 atom stereocenters. The Labute approximate surface area is 112 Å². The molecule has 0 spiro atoms. The summed E-state index contributed by atoms with van der Waals surface area (Å²) in [6.45, 7) is 3.13. The van der Waals surface area contributed by atoms with Crippen LogP contribution >= 0.6 is 0 Å². The standard InChI is InChI=1S/C15H19N3O/c1-10-8-11(6-7-16-10)18-15(19)13-9-17-14-5-3-2-4-12(13)14/h2-5,9-11,16-17H,6-8H2,1H3,(H,18,19). The van der Waals surface area contributed by atoms with E-state index in [1.54, 1.807) is 6.20 Å². The molecule has 1 saturated heterocycles. The molecule has 0 aliphatic carbocycles. The van der Waals surface area contributed by atoms with Gasteiger partial charge < -0.3 is 15.6 Å². The lowest BCUT2D eigenvalue weighted by Gasteiger charge is -2.28. The Balaban J connectivity index is 1.76. The van der Waals surface area contributed by atoms with Crippen LogP contribution in [0.2, 0.25) is 0 Å². The van der Waals surface area contributed by atoms with Gasteiger partial charge in [-0.2, -0.15) is 0 Å². The molecule has 3 rings (SSSR count). The van der Waals surface area contributed by atoms with Crippen molar-refractivity contribution in [3.8, 4) is 0 Å². The number of H-pyrrole nitrogens is 1. The minimum atomic E-state index is 0.0246. The number of carbonyl (C=O) groups excluding carboxylic acids is 1. The minimum absolute atomic E-state index is 0.0246. The van der Waals surface area contributed by atoms with Crippen molar-refractivity contribution in [1.29, 1.82) is 0 Å². The maximum Gasteiger partial charge on any atom is 0.253 e. The molecule has 3 N–H and O–H groups in total. The zero-order valence-electron chi connectivity index (χ0n) is 11.1. The van der Waals surface area contributed by atoms with Gasteiger partial charge in [0.15, 0.2) is 0 Å². The van der Waals surface area contributed by atoms with Crippen LogP contribution < -0.4 is 10.6 Å². The van der Waals surface area contributed by atoms with Crippen molar-refractivity contribution in [2.75, 3.05) is 6.54 Å². The molecule has 1 aromatic carbocycles. The molecule has 2 aromatic rings. The molecule has 19 heavy (non-hydrogen) atoms. The fourth-order valence-corrected chi connectivity index (χ4v) is 2.79. The lowest BCUT2D eigenvalue weighted by Crippen LogP contribution is -2.46. The first-order chi connectivity index (χ1) is 9.24. The van der Waals surface area contributed by atoms with Crippen molar-refractivity contribution in [1.82, 2.24) is 15.6 Å². The van der Waals surface area contributed by atoms with Crippen molar-refractivity contribution in [3.63, 3.8) is 0 Å². The molecule has 1 aliphatic rings. The van der Waals surface area contributed by atoms with Gasteiger partial charge in [0.05, 0.1) is 5.56 Å². The first-order valence-corrected chi connectivity index (χ1v) is 6.84. The third kappa shape index (κ3) is 2.49. The molecule has 0 bridgehead atoms. The first-order valence-electron chi connectivity index (χ1n) is 6.84. The summed E-state index contributed by atoms with van der Waals surface area (Å²) in [5, 5.41) is 7.52. The molecule has 0 saturated carbocycles. The van der Waals surface area contributed by atoms with Crippen LogP contribution in [0.5, 0.6) is 0 Å². The van der Waals surface area contributed by atoms with Gasteiger partial charge in [0.25, 0.3) is 5.91 Å². The highest BCUT2D eigenvalue weighted by Gasteiger charge is 2.21. The topological polar surface area (TPSA) is 56.9 Å². The van der Waals surface area contributed by atoms with Gasteiger partial charge in [-0.3, -0.25) is 4.79 Å². The van der Waals surface area contributed by atoms with Gasteiger partial charge in [-0.05, 0) is 32.4 Å². The molecule has 0 radical (unpaired) electrons. The summed E-state index contributed by atoms with van der Waals surface area (Å²) in [7, 11) is 0. The summed E-state index contributed by atoms with van der Waals surface area (Å²) < 4.78 is 0. The Hall–Kier alpha value is -1.81. The van der Waals surface area contributed by atoms with Gasteiger partial charge in [-0.15, -0.1) is 0 Å². The number of para-hydroxylation sites is 1. The van der Waals surface area contributed by atoms with E-state index in [0.717, 1.165) is 35.9 Å². The summed E-state index contributed by atoms with van der Waals surface area (Å²) in [6, 6.07) is 8.64. The third-order valence-corrected chi connectivity index (χ3v) is 3.79. The number of benzene rings is 1. The largest absolute Gasteiger partial charge is 0.360 e. The zero-order chi connectivity index (χ0) is 13.2. The highest BCUT2D eigenvalue weighted by molar-refractivity contribution is 6.06. The monoisotopic (exact) mass is 257 g/mol. The van der Waals surface area contributed by atoms with E-state index in [2.05, 4.69) is 22.5 Å². The summed E-state index contributed by atoms with van der Waals surface area (Å²) >= 11 is 0. The van der Waals surface area contributed by atoms with Crippen LogP contribution in [0.25, 0.3) is 10.9 Å². The van der Waals surface area contributed by atoms with Crippen molar-refractivity contribution >= 4 is 16.8 Å². The number of hydrogen-bond donors (Lipinski definition) is 3. The first kappa shape index (κ1) is 12.2. The van der Waals surface area contributed by atoms with E-state index in [-0.39, 0.29) is 11.9 Å². The quantitative estimate of drug-likeness (QED) is 0.771. The summed E-state index contributed by atoms with van der Waals surface area (Å²) in [5.74, 6) is 0.0246. The maximum atomic E-state index is 12.3. The van der Waals surface area contributed by atoms with E-state index in [9.17, 15) is 4.79 Å². The number of rotatable bonds is 2. The van der Waals surface area contributed by atoms with E-state index in [1.807, 2.05) is 24.3 Å². The number of aromatic nitrogens is 1. The van der Waals surface area contributed by atoms with E-state index in [4.69, 9.17) is 0 Å². The molecule has 4 nitrogen and oxygen atoms in total. The predicted octanol–water partition coefficient (Wildman–Crippen LogP) is 2.04. The van der Waals surface area contributed by atoms with E-state index < -0.39 is 0 Å². The van der Waals surface area contributed by atoms with Crippen molar-refractivity contribution < 1.29 is 4.79 Å². The molecule has 2 heterocycles. The fourth-order valence-electron chi connectivity index (χ4n) is 2.79. The second-order valence-corrected chi connectivity index (χ2v) is 5.30. The smallest absolute Gasteiger partial charge is 0.253 e. The van der Waals surface area contributed by atoms with Crippen molar-refractivity contribution in [2.45, 2.75) is 31.8 Å². The van der Waals surface area contributed by atoms with Crippen LogP contribution in [0.4, 0.5) is 0 Å². The second kappa shape index (κ2) is 5.05.